The van der Waals surface area contributed by atoms with E-state index in [1.165, 1.54) is 25.1 Å². The molecule has 0 fully saturated rings. The normalized spacial score (nSPS) is 13.5. The SMILES string of the molecule is CC(=O)Nc1ccc(C2=C(Nc3cccc(F)c3)C(=O)N(Cc3cccnc3)C2=O)cc1. The van der Waals surface area contributed by atoms with Crippen molar-refractivity contribution < 1.29 is 18.8 Å². The molecule has 2 N–H and O–H groups in total. The number of halogens is 1. The summed E-state index contributed by atoms with van der Waals surface area (Å²) in [4.78, 5) is 42.9. The van der Waals surface area contributed by atoms with Crippen LogP contribution in [0.25, 0.3) is 5.57 Å². The largest absolute Gasteiger partial charge is 0.350 e. The molecule has 7 nitrogen and oxygen atoms in total. The Labute approximate surface area is 183 Å². The van der Waals surface area contributed by atoms with Crippen LogP contribution in [0.15, 0.2) is 78.8 Å². The van der Waals surface area contributed by atoms with Crippen LogP contribution in [0, 0.1) is 5.82 Å². The van der Waals surface area contributed by atoms with Gasteiger partial charge in [-0.3, -0.25) is 24.3 Å². The van der Waals surface area contributed by atoms with Crippen molar-refractivity contribution in [3.05, 3.63) is 95.7 Å². The summed E-state index contributed by atoms with van der Waals surface area (Å²) in [5.74, 6) is -1.70. The van der Waals surface area contributed by atoms with Crippen molar-refractivity contribution in [2.75, 3.05) is 10.6 Å². The number of nitrogens with one attached hydrogen (secondary N) is 2. The van der Waals surface area contributed by atoms with Gasteiger partial charge in [-0.05, 0) is 47.5 Å². The number of nitrogens with zero attached hydrogens (tertiary/aromatic N) is 2. The van der Waals surface area contributed by atoms with E-state index in [4.69, 9.17) is 0 Å². The number of aromatic nitrogens is 1. The molecular formula is C24H19FN4O3. The lowest BCUT2D eigenvalue weighted by Gasteiger charge is -2.15. The Hall–Kier alpha value is -4.33. The summed E-state index contributed by atoms with van der Waals surface area (Å²) in [5, 5.41) is 5.58. The summed E-state index contributed by atoms with van der Waals surface area (Å²) in [5.41, 5.74) is 2.31. The van der Waals surface area contributed by atoms with Crippen molar-refractivity contribution in [1.29, 1.82) is 0 Å². The van der Waals surface area contributed by atoms with Crippen molar-refractivity contribution in [3.63, 3.8) is 0 Å². The van der Waals surface area contributed by atoms with Crippen LogP contribution in [-0.2, 0) is 20.9 Å². The summed E-state index contributed by atoms with van der Waals surface area (Å²) >= 11 is 0. The van der Waals surface area contributed by atoms with E-state index in [-0.39, 0.29) is 23.7 Å². The fraction of sp³-hybridized carbons (Fsp3) is 0.0833. The summed E-state index contributed by atoms with van der Waals surface area (Å²) in [6.45, 7) is 1.44. The lowest BCUT2D eigenvalue weighted by atomic mass is 10.0. The minimum atomic E-state index is -0.524. The van der Waals surface area contributed by atoms with Crippen LogP contribution >= 0.6 is 0 Å². The number of hydrogen-bond donors (Lipinski definition) is 2. The van der Waals surface area contributed by atoms with Crippen molar-refractivity contribution >= 4 is 34.7 Å². The summed E-state index contributed by atoms with van der Waals surface area (Å²) in [6, 6.07) is 15.7. The maximum atomic E-state index is 13.7. The Morgan fingerprint density at radius 2 is 1.78 bits per heavy atom. The van der Waals surface area contributed by atoms with Gasteiger partial charge in [0.2, 0.25) is 5.91 Å². The molecule has 1 aromatic heterocycles. The van der Waals surface area contributed by atoms with Crippen LogP contribution in [0.4, 0.5) is 15.8 Å². The molecular weight excluding hydrogens is 411 g/mol. The summed E-state index contributed by atoms with van der Waals surface area (Å²) < 4.78 is 13.7. The Bertz CT molecular complexity index is 1220. The van der Waals surface area contributed by atoms with Gasteiger partial charge >= 0.3 is 0 Å². The Morgan fingerprint density at radius 1 is 1.00 bits per heavy atom. The fourth-order valence-corrected chi connectivity index (χ4v) is 3.41. The predicted octanol–water partition coefficient (Wildman–Crippen LogP) is 3.57. The zero-order valence-electron chi connectivity index (χ0n) is 17.1. The molecule has 0 saturated carbocycles. The highest BCUT2D eigenvalue weighted by Gasteiger charge is 2.39. The van der Waals surface area contributed by atoms with Gasteiger partial charge in [0.15, 0.2) is 0 Å². The maximum Gasteiger partial charge on any atom is 0.278 e. The van der Waals surface area contributed by atoms with Gasteiger partial charge in [-0.2, -0.15) is 0 Å². The van der Waals surface area contributed by atoms with Crippen molar-refractivity contribution in [3.8, 4) is 0 Å². The highest BCUT2D eigenvalue weighted by molar-refractivity contribution is 6.36. The molecule has 2 aromatic carbocycles. The van der Waals surface area contributed by atoms with Gasteiger partial charge in [-0.25, -0.2) is 4.39 Å². The molecule has 0 bridgehead atoms. The quantitative estimate of drug-likeness (QED) is 0.584. The molecule has 3 amide bonds. The topological polar surface area (TPSA) is 91.4 Å². The molecule has 3 aromatic rings. The zero-order chi connectivity index (χ0) is 22.7. The third-order valence-corrected chi connectivity index (χ3v) is 4.82. The highest BCUT2D eigenvalue weighted by atomic mass is 19.1. The number of anilines is 2. The Morgan fingerprint density at radius 3 is 2.44 bits per heavy atom. The van der Waals surface area contributed by atoms with Gasteiger partial charge in [-0.1, -0.05) is 24.3 Å². The second kappa shape index (κ2) is 8.81. The van der Waals surface area contributed by atoms with Gasteiger partial charge in [0.25, 0.3) is 11.8 Å². The molecule has 0 saturated heterocycles. The average Bonchev–Trinajstić information content (AvgIpc) is 2.99. The first-order valence-corrected chi connectivity index (χ1v) is 9.82. The number of imide groups is 1. The van der Waals surface area contributed by atoms with Crippen LogP contribution in [-0.4, -0.2) is 27.6 Å². The number of carbonyl (C=O) groups excluding carboxylic acids is 3. The molecule has 2 heterocycles. The van der Waals surface area contributed by atoms with E-state index in [0.717, 1.165) is 4.90 Å². The first-order valence-electron chi connectivity index (χ1n) is 9.82. The van der Waals surface area contributed by atoms with E-state index in [2.05, 4.69) is 15.6 Å². The van der Waals surface area contributed by atoms with Crippen LogP contribution < -0.4 is 10.6 Å². The Kier molecular flexibility index (Phi) is 5.76. The number of benzene rings is 2. The van der Waals surface area contributed by atoms with E-state index in [1.54, 1.807) is 54.9 Å². The van der Waals surface area contributed by atoms with Gasteiger partial charge < -0.3 is 10.6 Å². The Balaban J connectivity index is 1.72. The number of amides is 3. The van der Waals surface area contributed by atoms with Crippen LogP contribution in [0.5, 0.6) is 0 Å². The van der Waals surface area contributed by atoms with E-state index in [0.29, 0.717) is 22.5 Å². The fourth-order valence-electron chi connectivity index (χ4n) is 3.41. The second-order valence-corrected chi connectivity index (χ2v) is 7.20. The van der Waals surface area contributed by atoms with Gasteiger partial charge in [-0.15, -0.1) is 0 Å². The molecule has 0 unspecified atom stereocenters. The first-order chi connectivity index (χ1) is 15.4. The predicted molar refractivity (Wildman–Crippen MR) is 117 cm³/mol. The summed E-state index contributed by atoms with van der Waals surface area (Å²) in [7, 11) is 0. The maximum absolute atomic E-state index is 13.7. The zero-order valence-corrected chi connectivity index (χ0v) is 17.1. The number of carbonyl (C=O) groups is 3. The molecule has 8 heteroatoms. The molecule has 32 heavy (non-hydrogen) atoms. The number of rotatable bonds is 6. The second-order valence-electron chi connectivity index (χ2n) is 7.20. The number of pyridine rings is 1. The molecule has 4 rings (SSSR count). The summed E-state index contributed by atoms with van der Waals surface area (Å²) in [6.07, 6.45) is 3.19. The molecule has 1 aliphatic rings. The van der Waals surface area contributed by atoms with E-state index in [1.807, 2.05) is 0 Å². The van der Waals surface area contributed by atoms with Gasteiger partial charge in [0.1, 0.15) is 11.5 Å². The molecule has 0 atom stereocenters. The highest BCUT2D eigenvalue weighted by Crippen LogP contribution is 2.32. The van der Waals surface area contributed by atoms with E-state index >= 15 is 0 Å². The molecule has 0 aliphatic carbocycles. The third kappa shape index (κ3) is 4.39. The molecule has 0 spiro atoms. The van der Waals surface area contributed by atoms with Crippen LogP contribution in [0.1, 0.15) is 18.1 Å². The van der Waals surface area contributed by atoms with Crippen molar-refractivity contribution in [2.24, 2.45) is 0 Å². The van der Waals surface area contributed by atoms with Crippen LogP contribution in [0.3, 0.4) is 0 Å². The number of hydrogen-bond acceptors (Lipinski definition) is 5. The molecule has 0 radical (unpaired) electrons. The average molecular weight is 430 g/mol. The lowest BCUT2D eigenvalue weighted by molar-refractivity contribution is -0.137. The lowest BCUT2D eigenvalue weighted by Crippen LogP contribution is -2.32. The van der Waals surface area contributed by atoms with Crippen LogP contribution in [0.2, 0.25) is 0 Å². The van der Waals surface area contributed by atoms with Gasteiger partial charge in [0.05, 0.1) is 12.1 Å². The first kappa shape index (κ1) is 20.9. The smallest absolute Gasteiger partial charge is 0.278 e. The van der Waals surface area contributed by atoms with E-state index in [9.17, 15) is 18.8 Å². The monoisotopic (exact) mass is 430 g/mol. The van der Waals surface area contributed by atoms with Crippen molar-refractivity contribution in [1.82, 2.24) is 9.88 Å². The minimum Gasteiger partial charge on any atom is -0.350 e. The van der Waals surface area contributed by atoms with E-state index < -0.39 is 17.6 Å². The van der Waals surface area contributed by atoms with Gasteiger partial charge in [0, 0.05) is 30.7 Å². The third-order valence-electron chi connectivity index (χ3n) is 4.82. The van der Waals surface area contributed by atoms with Crippen molar-refractivity contribution in [2.45, 2.75) is 13.5 Å². The minimum absolute atomic E-state index is 0.0489. The molecule has 1 aliphatic heterocycles. The molecule has 160 valence electrons. The standard InChI is InChI=1S/C24H19FN4O3/c1-15(30)27-19-9-7-17(8-10-19)21-22(28-20-6-2-5-18(25)12-20)24(32)29(23(21)31)14-16-4-3-11-26-13-16/h2-13,28H,14H2,1H3,(H,27,30).